The van der Waals surface area contributed by atoms with E-state index in [1.165, 1.54) is 5.56 Å². The molecule has 0 saturated carbocycles. The van der Waals surface area contributed by atoms with Crippen LogP contribution in [0, 0.1) is 0 Å². The van der Waals surface area contributed by atoms with Crippen LogP contribution < -0.4 is 10.6 Å². The molecule has 2 N–H and O–H groups in total. The summed E-state index contributed by atoms with van der Waals surface area (Å²) in [5.74, 6) is 0.889. The lowest BCUT2D eigenvalue weighted by Crippen LogP contribution is -2.39. The highest BCUT2D eigenvalue weighted by atomic mass is 32.1. The molecule has 0 aliphatic carbocycles. The van der Waals surface area contributed by atoms with Crippen molar-refractivity contribution in [1.82, 2.24) is 25.3 Å². The summed E-state index contributed by atoms with van der Waals surface area (Å²) in [6, 6.07) is 4.50. The quantitative estimate of drug-likeness (QED) is 0.360. The van der Waals surface area contributed by atoms with Crippen molar-refractivity contribution in [3.8, 4) is 0 Å². The van der Waals surface area contributed by atoms with Gasteiger partial charge in [-0.05, 0) is 54.9 Å². The van der Waals surface area contributed by atoms with Crippen molar-refractivity contribution in [1.29, 1.82) is 0 Å². The summed E-state index contributed by atoms with van der Waals surface area (Å²) in [5.41, 5.74) is 1.36. The third-order valence-corrected chi connectivity index (χ3v) is 5.06. The third kappa shape index (κ3) is 6.46. The van der Waals surface area contributed by atoms with Gasteiger partial charge in [0, 0.05) is 32.0 Å². The van der Waals surface area contributed by atoms with Crippen molar-refractivity contribution >= 4 is 17.3 Å². The van der Waals surface area contributed by atoms with Crippen molar-refractivity contribution in [3.63, 3.8) is 0 Å². The lowest BCUT2D eigenvalue weighted by molar-refractivity contribution is 0.224. The van der Waals surface area contributed by atoms with Crippen molar-refractivity contribution in [2.75, 3.05) is 32.7 Å². The number of aromatic nitrogens is 2. The van der Waals surface area contributed by atoms with Crippen LogP contribution in [0.15, 0.2) is 40.3 Å². The first-order chi connectivity index (χ1) is 12.8. The zero-order chi connectivity index (χ0) is 18.6. The van der Waals surface area contributed by atoms with E-state index in [0.29, 0.717) is 6.04 Å². The van der Waals surface area contributed by atoms with E-state index in [2.05, 4.69) is 58.2 Å². The Bertz CT molecular complexity index is 604. The van der Waals surface area contributed by atoms with E-state index in [9.17, 15) is 0 Å². The van der Waals surface area contributed by atoms with Gasteiger partial charge in [-0.1, -0.05) is 13.8 Å². The van der Waals surface area contributed by atoms with Gasteiger partial charge in [-0.25, -0.2) is 0 Å². The van der Waals surface area contributed by atoms with Crippen molar-refractivity contribution in [2.24, 2.45) is 4.99 Å². The minimum atomic E-state index is 0.329. The lowest BCUT2D eigenvalue weighted by Gasteiger charge is -2.28. The highest BCUT2D eigenvalue weighted by Gasteiger charge is 2.18. The molecular formula is C19H32N6S. The number of nitrogens with zero attached hydrogens (tertiary/aromatic N) is 4. The fourth-order valence-electron chi connectivity index (χ4n) is 2.96. The van der Waals surface area contributed by atoms with Crippen molar-refractivity contribution in [2.45, 2.75) is 39.8 Å². The minimum absolute atomic E-state index is 0.329. The average molecular weight is 377 g/mol. The maximum absolute atomic E-state index is 4.86. The van der Waals surface area contributed by atoms with Gasteiger partial charge in [-0.3, -0.25) is 14.6 Å². The number of nitrogens with one attached hydrogen (secondary N) is 2. The van der Waals surface area contributed by atoms with E-state index in [-0.39, 0.29) is 0 Å². The van der Waals surface area contributed by atoms with E-state index in [4.69, 9.17) is 4.99 Å². The van der Waals surface area contributed by atoms with Gasteiger partial charge in [0.05, 0.1) is 12.6 Å². The Morgan fingerprint density at radius 1 is 1.31 bits per heavy atom. The van der Waals surface area contributed by atoms with Crippen LogP contribution in [0.2, 0.25) is 0 Å². The van der Waals surface area contributed by atoms with Gasteiger partial charge < -0.3 is 10.6 Å². The van der Waals surface area contributed by atoms with Gasteiger partial charge in [0.25, 0.3) is 0 Å². The fourth-order valence-corrected chi connectivity index (χ4v) is 3.67. The van der Waals surface area contributed by atoms with E-state index < -0.39 is 0 Å². The number of hydrogen-bond donors (Lipinski definition) is 2. The van der Waals surface area contributed by atoms with E-state index in [0.717, 1.165) is 51.6 Å². The van der Waals surface area contributed by atoms with Gasteiger partial charge in [-0.2, -0.15) is 16.4 Å². The largest absolute Gasteiger partial charge is 0.357 e. The summed E-state index contributed by atoms with van der Waals surface area (Å²) in [5, 5.41) is 15.4. The molecule has 26 heavy (non-hydrogen) atoms. The van der Waals surface area contributed by atoms with Crippen LogP contribution in [0.25, 0.3) is 0 Å². The number of aryl methyl sites for hydroxylation is 1. The van der Waals surface area contributed by atoms with Crippen LogP contribution in [0.4, 0.5) is 0 Å². The molecule has 0 radical (unpaired) electrons. The maximum atomic E-state index is 4.86. The molecule has 0 aliphatic heterocycles. The molecule has 0 bridgehead atoms. The van der Waals surface area contributed by atoms with E-state index in [1.54, 1.807) is 11.3 Å². The van der Waals surface area contributed by atoms with Crippen molar-refractivity contribution < 1.29 is 0 Å². The molecule has 0 fully saturated rings. The van der Waals surface area contributed by atoms with Crippen molar-refractivity contribution in [3.05, 3.63) is 40.8 Å². The summed E-state index contributed by atoms with van der Waals surface area (Å²) in [6.07, 6.45) is 4.82. The number of hydrogen-bond acceptors (Lipinski definition) is 4. The monoisotopic (exact) mass is 376 g/mol. The molecule has 0 saturated heterocycles. The predicted molar refractivity (Wildman–Crippen MR) is 111 cm³/mol. The molecule has 0 aliphatic rings. The molecule has 0 aromatic carbocycles. The zero-order valence-corrected chi connectivity index (χ0v) is 17.0. The van der Waals surface area contributed by atoms with Crippen LogP contribution in [0.5, 0.6) is 0 Å². The molecule has 2 rings (SSSR count). The Morgan fingerprint density at radius 2 is 2.15 bits per heavy atom. The fraction of sp³-hybridized carbons (Fsp3) is 0.579. The second-order valence-electron chi connectivity index (χ2n) is 6.06. The number of likely N-dealkylation sites (N-methyl/N-ethyl adjacent to an activating group) is 1. The molecule has 2 heterocycles. The summed E-state index contributed by atoms with van der Waals surface area (Å²) < 4.78 is 1.96. The molecular weight excluding hydrogens is 344 g/mol. The van der Waals surface area contributed by atoms with Crippen LogP contribution in [-0.2, 0) is 6.54 Å². The first-order valence-corrected chi connectivity index (χ1v) is 10.5. The molecule has 0 amide bonds. The molecule has 1 atom stereocenters. The summed E-state index contributed by atoms with van der Waals surface area (Å²) in [7, 11) is 0. The summed E-state index contributed by atoms with van der Waals surface area (Å²) >= 11 is 1.75. The molecule has 1 unspecified atom stereocenters. The highest BCUT2D eigenvalue weighted by molar-refractivity contribution is 7.07. The number of aliphatic imine (C=N–C) groups is 1. The molecule has 2 aromatic heterocycles. The Balaban J connectivity index is 1.91. The maximum Gasteiger partial charge on any atom is 0.191 e. The smallest absolute Gasteiger partial charge is 0.191 e. The predicted octanol–water partition coefficient (Wildman–Crippen LogP) is 2.97. The first kappa shape index (κ1) is 20.5. The highest BCUT2D eigenvalue weighted by Crippen LogP contribution is 2.23. The molecule has 6 nitrogen and oxygen atoms in total. The normalized spacial score (nSPS) is 13.2. The number of rotatable bonds is 11. The van der Waals surface area contributed by atoms with Gasteiger partial charge in [0.2, 0.25) is 0 Å². The molecule has 7 heteroatoms. The molecule has 2 aromatic rings. The number of thiophene rings is 1. The molecule has 0 spiro atoms. The zero-order valence-electron chi connectivity index (χ0n) is 16.2. The average Bonchev–Trinajstić information content (AvgIpc) is 3.36. The Labute approximate surface area is 161 Å². The summed E-state index contributed by atoms with van der Waals surface area (Å²) in [6.45, 7) is 12.0. The van der Waals surface area contributed by atoms with Crippen LogP contribution in [0.1, 0.15) is 38.8 Å². The van der Waals surface area contributed by atoms with Gasteiger partial charge in [0.1, 0.15) is 0 Å². The van der Waals surface area contributed by atoms with Crippen LogP contribution >= 0.6 is 11.3 Å². The standard InChI is InChI=1S/C19H32N6S/c1-4-20-19(21-10-7-12-25-13-8-11-23-25)22-15-18(24(5-2)6-3)17-9-14-26-16-17/h8-9,11,13-14,16,18H,4-7,10,12,15H2,1-3H3,(H2,20,21,22). The van der Waals surface area contributed by atoms with Gasteiger partial charge >= 0.3 is 0 Å². The Morgan fingerprint density at radius 3 is 2.77 bits per heavy atom. The van der Waals surface area contributed by atoms with Gasteiger partial charge in [0.15, 0.2) is 5.96 Å². The topological polar surface area (TPSA) is 57.5 Å². The first-order valence-electron chi connectivity index (χ1n) is 9.54. The Hall–Kier alpha value is -1.86. The van der Waals surface area contributed by atoms with Crippen LogP contribution in [0.3, 0.4) is 0 Å². The van der Waals surface area contributed by atoms with Crippen LogP contribution in [-0.4, -0.2) is 53.4 Å². The van der Waals surface area contributed by atoms with E-state index in [1.807, 2.05) is 23.1 Å². The molecule has 144 valence electrons. The summed E-state index contributed by atoms with van der Waals surface area (Å²) in [4.78, 5) is 7.32. The minimum Gasteiger partial charge on any atom is -0.357 e. The second-order valence-corrected chi connectivity index (χ2v) is 6.84. The SMILES string of the molecule is CCNC(=NCC(c1ccsc1)N(CC)CC)NCCCn1cccn1. The third-order valence-electron chi connectivity index (χ3n) is 4.36. The lowest BCUT2D eigenvalue weighted by atomic mass is 10.1. The second kappa shape index (κ2) is 11.7. The Kier molecular flexibility index (Phi) is 9.20. The van der Waals surface area contributed by atoms with Gasteiger partial charge in [-0.15, -0.1) is 0 Å². The van der Waals surface area contributed by atoms with E-state index >= 15 is 0 Å². The number of guanidine groups is 1.